The number of nitrogens with one attached hydrogen (secondary N) is 1. The van der Waals surface area contributed by atoms with Crippen molar-refractivity contribution in [1.29, 1.82) is 0 Å². The molecular weight excluding hydrogens is 248 g/mol. The molecule has 98 valence electrons. The van der Waals surface area contributed by atoms with E-state index in [9.17, 15) is 4.79 Å². The highest BCUT2D eigenvalue weighted by Gasteiger charge is 2.09. The molecule has 0 saturated heterocycles. The molecule has 1 amide bonds. The predicted molar refractivity (Wildman–Crippen MR) is 82.8 cm³/mol. The molecule has 0 bridgehead atoms. The molecule has 3 N–H and O–H groups in total. The lowest BCUT2D eigenvalue weighted by molar-refractivity contribution is 0.102. The fourth-order valence-electron chi connectivity index (χ4n) is 2.19. The summed E-state index contributed by atoms with van der Waals surface area (Å²) in [6, 6.07) is 20.7. The number of nitrogen functional groups attached to an aromatic ring is 1. The summed E-state index contributed by atoms with van der Waals surface area (Å²) >= 11 is 0. The summed E-state index contributed by atoms with van der Waals surface area (Å²) in [5.74, 6) is -0.119. The van der Waals surface area contributed by atoms with Crippen LogP contribution in [0.2, 0.25) is 0 Å². The average Bonchev–Trinajstić information content (AvgIpc) is 2.49. The van der Waals surface area contributed by atoms with Crippen molar-refractivity contribution in [3.63, 3.8) is 0 Å². The number of hydrogen-bond acceptors (Lipinski definition) is 2. The third-order valence-electron chi connectivity index (χ3n) is 3.20. The largest absolute Gasteiger partial charge is 0.399 e. The molecule has 3 aromatic carbocycles. The first-order valence-corrected chi connectivity index (χ1v) is 6.39. The van der Waals surface area contributed by atoms with Gasteiger partial charge >= 0.3 is 0 Å². The lowest BCUT2D eigenvalue weighted by Gasteiger charge is -2.08. The number of rotatable bonds is 2. The van der Waals surface area contributed by atoms with Crippen molar-refractivity contribution < 1.29 is 4.79 Å². The second kappa shape index (κ2) is 5.05. The van der Waals surface area contributed by atoms with Crippen LogP contribution in [-0.2, 0) is 0 Å². The van der Waals surface area contributed by atoms with Crippen LogP contribution in [-0.4, -0.2) is 5.91 Å². The number of carbonyl (C=O) groups is 1. The summed E-state index contributed by atoms with van der Waals surface area (Å²) in [6.45, 7) is 0. The van der Waals surface area contributed by atoms with Crippen molar-refractivity contribution in [2.75, 3.05) is 11.1 Å². The molecule has 3 aromatic rings. The molecule has 3 rings (SSSR count). The summed E-state index contributed by atoms with van der Waals surface area (Å²) in [5.41, 5.74) is 7.70. The van der Waals surface area contributed by atoms with Gasteiger partial charge in [0.2, 0.25) is 0 Å². The smallest absolute Gasteiger partial charge is 0.256 e. The second-order valence-corrected chi connectivity index (χ2v) is 4.60. The van der Waals surface area contributed by atoms with Crippen LogP contribution in [0.5, 0.6) is 0 Å². The van der Waals surface area contributed by atoms with Crippen molar-refractivity contribution >= 4 is 28.1 Å². The quantitative estimate of drug-likeness (QED) is 0.692. The van der Waals surface area contributed by atoms with Crippen molar-refractivity contribution in [1.82, 2.24) is 0 Å². The van der Waals surface area contributed by atoms with E-state index in [4.69, 9.17) is 5.73 Å². The molecule has 0 unspecified atom stereocenters. The highest BCUT2D eigenvalue weighted by atomic mass is 16.1. The lowest BCUT2D eigenvalue weighted by atomic mass is 10.0. The molecule has 0 aliphatic heterocycles. The van der Waals surface area contributed by atoms with Gasteiger partial charge in [0.1, 0.15) is 0 Å². The Labute approximate surface area is 117 Å². The third-order valence-corrected chi connectivity index (χ3v) is 3.20. The zero-order valence-electron chi connectivity index (χ0n) is 10.8. The second-order valence-electron chi connectivity index (χ2n) is 4.60. The van der Waals surface area contributed by atoms with Gasteiger partial charge in [0, 0.05) is 16.9 Å². The van der Waals surface area contributed by atoms with Crippen molar-refractivity contribution in [2.24, 2.45) is 0 Å². The van der Waals surface area contributed by atoms with Gasteiger partial charge in [-0.1, -0.05) is 36.4 Å². The molecule has 0 spiro atoms. The summed E-state index contributed by atoms with van der Waals surface area (Å²) in [4.78, 5) is 12.4. The van der Waals surface area contributed by atoms with E-state index in [0.717, 1.165) is 16.5 Å². The van der Waals surface area contributed by atoms with Gasteiger partial charge in [-0.15, -0.1) is 0 Å². The zero-order chi connectivity index (χ0) is 13.9. The topological polar surface area (TPSA) is 55.1 Å². The molecule has 20 heavy (non-hydrogen) atoms. The fourth-order valence-corrected chi connectivity index (χ4v) is 2.19. The molecule has 0 aromatic heterocycles. The van der Waals surface area contributed by atoms with E-state index in [1.807, 2.05) is 42.5 Å². The molecule has 0 heterocycles. The maximum absolute atomic E-state index is 12.4. The third kappa shape index (κ3) is 2.34. The van der Waals surface area contributed by atoms with Gasteiger partial charge < -0.3 is 11.1 Å². The van der Waals surface area contributed by atoms with Gasteiger partial charge in [0.25, 0.3) is 5.91 Å². The molecule has 0 aliphatic carbocycles. The van der Waals surface area contributed by atoms with Crippen LogP contribution < -0.4 is 11.1 Å². The van der Waals surface area contributed by atoms with Crippen molar-refractivity contribution in [2.45, 2.75) is 0 Å². The van der Waals surface area contributed by atoms with Crippen LogP contribution in [0, 0.1) is 0 Å². The molecular formula is C17H14N2O. The van der Waals surface area contributed by atoms with E-state index >= 15 is 0 Å². The van der Waals surface area contributed by atoms with E-state index in [2.05, 4.69) is 5.32 Å². The fraction of sp³-hybridized carbons (Fsp3) is 0. The number of amides is 1. The van der Waals surface area contributed by atoms with E-state index < -0.39 is 0 Å². The Morgan fingerprint density at radius 3 is 2.35 bits per heavy atom. The Hall–Kier alpha value is -2.81. The monoisotopic (exact) mass is 262 g/mol. The highest BCUT2D eigenvalue weighted by molar-refractivity contribution is 6.12. The summed E-state index contributed by atoms with van der Waals surface area (Å²) < 4.78 is 0. The van der Waals surface area contributed by atoms with Gasteiger partial charge in [-0.25, -0.2) is 0 Å². The molecule has 0 atom stereocenters. The Morgan fingerprint density at radius 1 is 0.850 bits per heavy atom. The molecule has 0 aliphatic rings. The van der Waals surface area contributed by atoms with Crippen LogP contribution in [0.3, 0.4) is 0 Å². The van der Waals surface area contributed by atoms with E-state index in [-0.39, 0.29) is 5.91 Å². The van der Waals surface area contributed by atoms with Gasteiger partial charge in [0.05, 0.1) is 0 Å². The molecule has 3 nitrogen and oxygen atoms in total. The number of hydrogen-bond donors (Lipinski definition) is 2. The number of benzene rings is 3. The van der Waals surface area contributed by atoms with Crippen LogP contribution in [0.4, 0.5) is 11.4 Å². The minimum atomic E-state index is -0.119. The number of carbonyl (C=O) groups excluding carboxylic acids is 1. The average molecular weight is 262 g/mol. The minimum Gasteiger partial charge on any atom is -0.399 e. The first-order valence-electron chi connectivity index (χ1n) is 6.39. The maximum Gasteiger partial charge on any atom is 0.256 e. The standard InChI is InChI=1S/C17H14N2O/c18-13-8-10-14(11-9-13)19-17(20)16-7-3-5-12-4-1-2-6-15(12)16/h1-11H,18H2,(H,19,20). The Balaban J connectivity index is 1.94. The normalized spacial score (nSPS) is 10.4. The number of anilines is 2. The zero-order valence-corrected chi connectivity index (χ0v) is 10.8. The minimum absolute atomic E-state index is 0.119. The van der Waals surface area contributed by atoms with Crippen LogP contribution in [0.1, 0.15) is 10.4 Å². The first kappa shape index (κ1) is 12.2. The van der Waals surface area contributed by atoms with Crippen LogP contribution in [0.15, 0.2) is 66.7 Å². The first-order chi connectivity index (χ1) is 9.74. The SMILES string of the molecule is Nc1ccc(NC(=O)c2cccc3ccccc23)cc1. The van der Waals surface area contributed by atoms with Gasteiger partial charge in [-0.05, 0) is 41.1 Å². The van der Waals surface area contributed by atoms with Gasteiger partial charge in [-0.2, -0.15) is 0 Å². The summed E-state index contributed by atoms with van der Waals surface area (Å²) in [5, 5.41) is 4.88. The van der Waals surface area contributed by atoms with E-state index in [0.29, 0.717) is 11.3 Å². The lowest BCUT2D eigenvalue weighted by Crippen LogP contribution is -2.12. The molecule has 0 radical (unpaired) electrons. The van der Waals surface area contributed by atoms with Crippen LogP contribution >= 0.6 is 0 Å². The Morgan fingerprint density at radius 2 is 1.55 bits per heavy atom. The van der Waals surface area contributed by atoms with Crippen molar-refractivity contribution in [3.05, 3.63) is 72.3 Å². The van der Waals surface area contributed by atoms with E-state index in [1.54, 1.807) is 24.3 Å². The molecule has 3 heteroatoms. The van der Waals surface area contributed by atoms with E-state index in [1.165, 1.54) is 0 Å². The summed E-state index contributed by atoms with van der Waals surface area (Å²) in [6.07, 6.45) is 0. The molecule has 0 fully saturated rings. The summed E-state index contributed by atoms with van der Waals surface area (Å²) in [7, 11) is 0. The predicted octanol–water partition coefficient (Wildman–Crippen LogP) is 3.67. The van der Waals surface area contributed by atoms with Gasteiger partial charge in [0.15, 0.2) is 0 Å². The van der Waals surface area contributed by atoms with Gasteiger partial charge in [-0.3, -0.25) is 4.79 Å². The maximum atomic E-state index is 12.4. The number of fused-ring (bicyclic) bond motifs is 1. The van der Waals surface area contributed by atoms with Crippen LogP contribution in [0.25, 0.3) is 10.8 Å². The number of nitrogens with two attached hydrogens (primary N) is 1. The highest BCUT2D eigenvalue weighted by Crippen LogP contribution is 2.20. The Bertz CT molecular complexity index is 758. The Kier molecular flexibility index (Phi) is 3.09. The molecule has 0 saturated carbocycles. The van der Waals surface area contributed by atoms with Crippen molar-refractivity contribution in [3.8, 4) is 0 Å².